The van der Waals surface area contributed by atoms with E-state index in [-0.39, 0.29) is 6.61 Å². The van der Waals surface area contributed by atoms with Crippen LogP contribution in [0.25, 0.3) is 0 Å². The SMILES string of the molecule is CC(C)C=C=CC(O)c1ccc(CO)cc1. The van der Waals surface area contributed by atoms with Gasteiger partial charge in [0.2, 0.25) is 0 Å². The highest BCUT2D eigenvalue weighted by molar-refractivity contribution is 5.25. The van der Waals surface area contributed by atoms with Crippen molar-refractivity contribution in [2.75, 3.05) is 0 Å². The van der Waals surface area contributed by atoms with Crippen LogP contribution >= 0.6 is 0 Å². The van der Waals surface area contributed by atoms with E-state index in [1.165, 1.54) is 0 Å². The molecular formula is C14H18O2. The summed E-state index contributed by atoms with van der Waals surface area (Å²) in [5, 5.41) is 18.7. The number of benzene rings is 1. The van der Waals surface area contributed by atoms with Gasteiger partial charge in [-0.1, -0.05) is 38.1 Å². The molecule has 0 aliphatic carbocycles. The number of hydrogen-bond donors (Lipinski definition) is 2. The van der Waals surface area contributed by atoms with E-state index < -0.39 is 6.10 Å². The fourth-order valence-electron chi connectivity index (χ4n) is 1.26. The summed E-state index contributed by atoms with van der Waals surface area (Å²) >= 11 is 0. The van der Waals surface area contributed by atoms with Gasteiger partial charge in [-0.2, -0.15) is 0 Å². The van der Waals surface area contributed by atoms with Crippen LogP contribution in [0.5, 0.6) is 0 Å². The van der Waals surface area contributed by atoms with Gasteiger partial charge in [0.15, 0.2) is 0 Å². The molecule has 86 valence electrons. The molecule has 2 heteroatoms. The number of aliphatic hydroxyl groups excluding tert-OH is 2. The van der Waals surface area contributed by atoms with Crippen LogP contribution in [0.4, 0.5) is 0 Å². The Morgan fingerprint density at radius 3 is 2.31 bits per heavy atom. The Kier molecular flexibility index (Phi) is 5.00. The first-order valence-corrected chi connectivity index (χ1v) is 5.44. The molecule has 0 saturated heterocycles. The van der Waals surface area contributed by atoms with Crippen LogP contribution in [0.1, 0.15) is 31.1 Å². The minimum absolute atomic E-state index is 0.0272. The number of aliphatic hydroxyl groups is 2. The molecule has 0 radical (unpaired) electrons. The Hall–Kier alpha value is -1.34. The van der Waals surface area contributed by atoms with E-state index in [4.69, 9.17) is 5.11 Å². The Morgan fingerprint density at radius 2 is 1.81 bits per heavy atom. The summed E-state index contributed by atoms with van der Waals surface area (Å²) in [6.45, 7) is 4.14. The first kappa shape index (κ1) is 12.7. The normalized spacial score (nSPS) is 12.1. The summed E-state index contributed by atoms with van der Waals surface area (Å²) < 4.78 is 0. The van der Waals surface area contributed by atoms with Gasteiger partial charge in [-0.25, -0.2) is 0 Å². The van der Waals surface area contributed by atoms with Crippen molar-refractivity contribution in [3.8, 4) is 0 Å². The molecule has 0 spiro atoms. The zero-order chi connectivity index (χ0) is 12.0. The average molecular weight is 218 g/mol. The Bertz CT molecular complexity index is 370. The molecule has 1 unspecified atom stereocenters. The summed E-state index contributed by atoms with van der Waals surface area (Å²) in [5.41, 5.74) is 4.61. The molecule has 0 saturated carbocycles. The van der Waals surface area contributed by atoms with Crippen molar-refractivity contribution < 1.29 is 10.2 Å². The smallest absolute Gasteiger partial charge is 0.104 e. The van der Waals surface area contributed by atoms with Crippen LogP contribution in [-0.2, 0) is 6.61 Å². The van der Waals surface area contributed by atoms with Crippen molar-refractivity contribution in [2.45, 2.75) is 26.6 Å². The first-order valence-electron chi connectivity index (χ1n) is 5.44. The maximum atomic E-state index is 9.80. The molecule has 0 aliphatic rings. The summed E-state index contributed by atoms with van der Waals surface area (Å²) in [7, 11) is 0. The number of rotatable bonds is 4. The zero-order valence-corrected chi connectivity index (χ0v) is 9.72. The maximum absolute atomic E-state index is 9.80. The van der Waals surface area contributed by atoms with Gasteiger partial charge >= 0.3 is 0 Å². The molecule has 1 aromatic carbocycles. The predicted octanol–water partition coefficient (Wildman–Crippen LogP) is 2.58. The predicted molar refractivity (Wildman–Crippen MR) is 64.8 cm³/mol. The van der Waals surface area contributed by atoms with Crippen LogP contribution in [0.2, 0.25) is 0 Å². The largest absolute Gasteiger partial charge is 0.392 e. The van der Waals surface area contributed by atoms with Gasteiger partial charge in [-0.15, -0.1) is 5.73 Å². The lowest BCUT2D eigenvalue weighted by Crippen LogP contribution is -1.93. The summed E-state index contributed by atoms with van der Waals surface area (Å²) in [4.78, 5) is 0. The summed E-state index contributed by atoms with van der Waals surface area (Å²) in [5.74, 6) is 0.431. The third-order valence-electron chi connectivity index (χ3n) is 2.19. The van der Waals surface area contributed by atoms with Crippen molar-refractivity contribution in [1.82, 2.24) is 0 Å². The van der Waals surface area contributed by atoms with Gasteiger partial charge < -0.3 is 10.2 Å². The highest BCUT2D eigenvalue weighted by atomic mass is 16.3. The van der Waals surface area contributed by atoms with E-state index in [1.54, 1.807) is 18.2 Å². The fourth-order valence-corrected chi connectivity index (χ4v) is 1.26. The standard InChI is InChI=1S/C14H18O2/c1-11(2)4-3-5-14(16)13-8-6-12(10-15)7-9-13/h4-9,11,14-16H,10H2,1-2H3. The first-order chi connectivity index (χ1) is 7.63. The van der Waals surface area contributed by atoms with Gasteiger partial charge in [0.1, 0.15) is 6.10 Å². The second kappa shape index (κ2) is 6.29. The van der Waals surface area contributed by atoms with Crippen LogP contribution in [0, 0.1) is 5.92 Å². The quantitative estimate of drug-likeness (QED) is 0.762. The van der Waals surface area contributed by atoms with E-state index in [0.29, 0.717) is 5.92 Å². The molecule has 0 heterocycles. The Morgan fingerprint density at radius 1 is 1.19 bits per heavy atom. The van der Waals surface area contributed by atoms with Crippen molar-refractivity contribution in [3.05, 3.63) is 53.3 Å². The van der Waals surface area contributed by atoms with Gasteiger partial charge in [0.05, 0.1) is 6.61 Å². The van der Waals surface area contributed by atoms with Crippen molar-refractivity contribution in [3.63, 3.8) is 0 Å². The van der Waals surface area contributed by atoms with Crippen molar-refractivity contribution in [2.24, 2.45) is 5.92 Å². The second-order valence-corrected chi connectivity index (χ2v) is 4.09. The molecule has 2 N–H and O–H groups in total. The molecular weight excluding hydrogens is 200 g/mol. The Labute approximate surface area is 96.6 Å². The zero-order valence-electron chi connectivity index (χ0n) is 9.72. The van der Waals surface area contributed by atoms with Crippen LogP contribution in [-0.4, -0.2) is 10.2 Å². The highest BCUT2D eigenvalue weighted by Gasteiger charge is 2.02. The molecule has 1 rings (SSSR count). The van der Waals surface area contributed by atoms with E-state index in [2.05, 4.69) is 19.6 Å². The van der Waals surface area contributed by atoms with Crippen molar-refractivity contribution in [1.29, 1.82) is 0 Å². The van der Waals surface area contributed by atoms with E-state index in [1.807, 2.05) is 18.2 Å². The molecule has 1 aromatic rings. The van der Waals surface area contributed by atoms with E-state index in [9.17, 15) is 5.11 Å². The van der Waals surface area contributed by atoms with Crippen molar-refractivity contribution >= 4 is 0 Å². The lowest BCUT2D eigenvalue weighted by atomic mass is 10.1. The third kappa shape index (κ3) is 4.03. The third-order valence-corrected chi connectivity index (χ3v) is 2.19. The number of hydrogen-bond acceptors (Lipinski definition) is 2. The van der Waals surface area contributed by atoms with E-state index >= 15 is 0 Å². The Balaban J connectivity index is 2.73. The minimum atomic E-state index is -0.636. The molecule has 0 bridgehead atoms. The van der Waals surface area contributed by atoms with Gasteiger partial charge in [0.25, 0.3) is 0 Å². The summed E-state index contributed by atoms with van der Waals surface area (Å²) in [6.07, 6.45) is 2.90. The molecule has 0 fully saturated rings. The molecule has 16 heavy (non-hydrogen) atoms. The second-order valence-electron chi connectivity index (χ2n) is 4.09. The summed E-state index contributed by atoms with van der Waals surface area (Å²) in [6, 6.07) is 7.23. The fraction of sp³-hybridized carbons (Fsp3) is 0.357. The lowest BCUT2D eigenvalue weighted by molar-refractivity contribution is 0.228. The molecule has 0 amide bonds. The van der Waals surface area contributed by atoms with E-state index in [0.717, 1.165) is 11.1 Å². The topological polar surface area (TPSA) is 40.5 Å². The molecule has 2 nitrogen and oxygen atoms in total. The average Bonchev–Trinajstić information content (AvgIpc) is 2.28. The maximum Gasteiger partial charge on any atom is 0.104 e. The highest BCUT2D eigenvalue weighted by Crippen LogP contribution is 2.14. The van der Waals surface area contributed by atoms with Gasteiger partial charge in [0, 0.05) is 0 Å². The van der Waals surface area contributed by atoms with Crippen LogP contribution < -0.4 is 0 Å². The van der Waals surface area contributed by atoms with Gasteiger partial charge in [-0.3, -0.25) is 0 Å². The molecule has 1 atom stereocenters. The molecule has 0 aromatic heterocycles. The molecule has 0 aliphatic heterocycles. The lowest BCUT2D eigenvalue weighted by Gasteiger charge is -2.05. The van der Waals surface area contributed by atoms with Crippen LogP contribution in [0.3, 0.4) is 0 Å². The monoisotopic (exact) mass is 218 g/mol. The van der Waals surface area contributed by atoms with Crippen LogP contribution in [0.15, 0.2) is 42.1 Å². The minimum Gasteiger partial charge on any atom is -0.392 e. The van der Waals surface area contributed by atoms with Gasteiger partial charge in [-0.05, 0) is 29.2 Å².